The fourth-order valence-corrected chi connectivity index (χ4v) is 0.726. The smallest absolute Gasteiger partial charge is 0.306 e. The zero-order chi connectivity index (χ0) is 10.3. The molecule has 0 aromatic heterocycles. The molecule has 1 atom stereocenters. The van der Waals surface area contributed by atoms with E-state index in [1.165, 1.54) is 0 Å². The van der Waals surface area contributed by atoms with E-state index in [2.05, 4.69) is 4.74 Å². The van der Waals surface area contributed by atoms with Gasteiger partial charge in [0.15, 0.2) is 0 Å². The van der Waals surface area contributed by atoms with Crippen LogP contribution in [0.2, 0.25) is 0 Å². The summed E-state index contributed by atoms with van der Waals surface area (Å²) < 4.78 is 4.59. The van der Waals surface area contributed by atoms with Crippen molar-refractivity contribution in [2.45, 2.75) is 32.3 Å². The van der Waals surface area contributed by atoms with Gasteiger partial charge in [0.1, 0.15) is 6.61 Å². The minimum absolute atomic E-state index is 0.245. The molecular formula is C8H14O5. The predicted molar refractivity (Wildman–Crippen MR) is 44.1 cm³/mol. The van der Waals surface area contributed by atoms with Crippen LogP contribution in [0.15, 0.2) is 0 Å². The van der Waals surface area contributed by atoms with E-state index in [9.17, 15) is 9.59 Å². The van der Waals surface area contributed by atoms with Crippen LogP contribution < -0.4 is 0 Å². The minimum atomic E-state index is -1.11. The van der Waals surface area contributed by atoms with E-state index in [-0.39, 0.29) is 6.61 Å². The quantitative estimate of drug-likeness (QED) is 0.583. The van der Waals surface area contributed by atoms with Gasteiger partial charge in [-0.05, 0) is 6.42 Å². The summed E-state index contributed by atoms with van der Waals surface area (Å²) in [5.74, 6) is -1.52. The summed E-state index contributed by atoms with van der Waals surface area (Å²) in [5.41, 5.74) is 0. The molecule has 0 heterocycles. The van der Waals surface area contributed by atoms with Gasteiger partial charge in [0.25, 0.3) is 0 Å². The molecular weight excluding hydrogens is 176 g/mol. The average molecular weight is 190 g/mol. The molecule has 0 saturated heterocycles. The summed E-state index contributed by atoms with van der Waals surface area (Å²) in [4.78, 5) is 20.8. The first-order valence-electron chi connectivity index (χ1n) is 4.11. The maximum absolute atomic E-state index is 10.8. The highest BCUT2D eigenvalue weighted by atomic mass is 16.5. The third-order valence-corrected chi connectivity index (χ3v) is 1.30. The lowest BCUT2D eigenvalue weighted by atomic mass is 10.3. The minimum Gasteiger partial charge on any atom is -0.481 e. The number of hydrogen-bond acceptors (Lipinski definition) is 4. The van der Waals surface area contributed by atoms with Crippen LogP contribution in [0.5, 0.6) is 0 Å². The van der Waals surface area contributed by atoms with Gasteiger partial charge in [0, 0.05) is 6.42 Å². The van der Waals surface area contributed by atoms with Crippen molar-refractivity contribution < 1.29 is 24.5 Å². The number of carbonyl (C=O) groups is 2. The molecule has 0 aromatic carbocycles. The summed E-state index contributed by atoms with van der Waals surface area (Å²) in [6.07, 6.45) is -0.550. The van der Waals surface area contributed by atoms with Gasteiger partial charge in [-0.15, -0.1) is 0 Å². The fraction of sp³-hybridized carbons (Fsp3) is 0.750. The molecule has 2 N–H and O–H groups in total. The van der Waals surface area contributed by atoms with Crippen molar-refractivity contribution in [1.82, 2.24) is 0 Å². The predicted octanol–water partition coefficient (Wildman–Crippen LogP) is 0.165. The Hall–Kier alpha value is -1.10. The average Bonchev–Trinajstić information content (AvgIpc) is 2.00. The molecule has 0 aromatic rings. The van der Waals surface area contributed by atoms with Gasteiger partial charge in [-0.2, -0.15) is 0 Å². The lowest BCUT2D eigenvalue weighted by Crippen LogP contribution is -2.21. The lowest BCUT2D eigenvalue weighted by Gasteiger charge is -2.08. The number of hydrogen-bond donors (Lipinski definition) is 2. The molecule has 0 amide bonds. The Bertz CT molecular complexity index is 177. The number of rotatable bonds is 6. The first-order valence-corrected chi connectivity index (χ1v) is 4.11. The Balaban J connectivity index is 3.51. The molecule has 0 radical (unpaired) electrons. The van der Waals surface area contributed by atoms with Gasteiger partial charge in [-0.3, -0.25) is 9.59 Å². The molecule has 0 saturated carbocycles. The van der Waals surface area contributed by atoms with E-state index in [0.29, 0.717) is 12.8 Å². The second kappa shape index (κ2) is 6.42. The van der Waals surface area contributed by atoms with Crippen molar-refractivity contribution >= 4 is 11.9 Å². The molecule has 76 valence electrons. The number of carboxylic acids is 1. The van der Waals surface area contributed by atoms with Gasteiger partial charge < -0.3 is 14.9 Å². The van der Waals surface area contributed by atoms with Crippen LogP contribution >= 0.6 is 0 Å². The van der Waals surface area contributed by atoms with Crippen molar-refractivity contribution in [2.75, 3.05) is 6.61 Å². The number of esters is 1. The number of ether oxygens (including phenoxy) is 1. The highest BCUT2D eigenvalue weighted by Crippen LogP contribution is 1.96. The van der Waals surface area contributed by atoms with Gasteiger partial charge in [-0.25, -0.2) is 0 Å². The van der Waals surface area contributed by atoms with E-state index in [1.807, 2.05) is 6.92 Å². The van der Waals surface area contributed by atoms with E-state index in [4.69, 9.17) is 10.2 Å². The Morgan fingerprint density at radius 2 is 2.08 bits per heavy atom. The molecule has 0 fully saturated rings. The number of aliphatic carboxylic acids is 1. The normalized spacial score (nSPS) is 12.2. The van der Waals surface area contributed by atoms with Crippen LogP contribution in [0.1, 0.15) is 26.2 Å². The topological polar surface area (TPSA) is 83.8 Å². The second-order valence-corrected chi connectivity index (χ2v) is 2.68. The second-order valence-electron chi connectivity index (χ2n) is 2.68. The zero-order valence-corrected chi connectivity index (χ0v) is 7.52. The van der Waals surface area contributed by atoms with Gasteiger partial charge in [0.05, 0.1) is 12.5 Å². The van der Waals surface area contributed by atoms with E-state index in [1.54, 1.807) is 0 Å². The molecule has 0 aliphatic rings. The third kappa shape index (κ3) is 7.27. The standard InChI is InChI=1S/C8H14O5/c1-2-3-8(12)13-5-6(9)4-7(10)11/h6,9H,2-5H2,1H3,(H,10,11). The first kappa shape index (κ1) is 11.9. The van der Waals surface area contributed by atoms with Crippen LogP contribution in [0.3, 0.4) is 0 Å². The Morgan fingerprint density at radius 3 is 2.54 bits per heavy atom. The van der Waals surface area contributed by atoms with E-state index >= 15 is 0 Å². The summed E-state index contributed by atoms with van der Waals surface area (Å²) in [7, 11) is 0. The summed E-state index contributed by atoms with van der Waals surface area (Å²) in [6.45, 7) is 1.58. The molecule has 5 heteroatoms. The molecule has 5 nitrogen and oxygen atoms in total. The van der Waals surface area contributed by atoms with Crippen LogP contribution in [0.4, 0.5) is 0 Å². The molecule has 0 rings (SSSR count). The fourth-order valence-electron chi connectivity index (χ4n) is 0.726. The van der Waals surface area contributed by atoms with Crippen molar-refractivity contribution in [3.63, 3.8) is 0 Å². The number of aliphatic hydroxyl groups is 1. The highest BCUT2D eigenvalue weighted by Gasteiger charge is 2.11. The van der Waals surface area contributed by atoms with Crippen molar-refractivity contribution in [2.24, 2.45) is 0 Å². The van der Waals surface area contributed by atoms with Crippen LogP contribution in [0.25, 0.3) is 0 Å². The Kier molecular flexibility index (Phi) is 5.88. The van der Waals surface area contributed by atoms with Gasteiger partial charge >= 0.3 is 11.9 Å². The third-order valence-electron chi connectivity index (χ3n) is 1.30. The number of carboxylic acid groups (broad SMARTS) is 1. The van der Waals surface area contributed by atoms with E-state index in [0.717, 1.165) is 0 Å². The van der Waals surface area contributed by atoms with Gasteiger partial charge in [0.2, 0.25) is 0 Å². The van der Waals surface area contributed by atoms with E-state index < -0.39 is 24.5 Å². The van der Waals surface area contributed by atoms with Crippen LogP contribution in [0, 0.1) is 0 Å². The lowest BCUT2D eigenvalue weighted by molar-refractivity contribution is -0.150. The molecule has 0 spiro atoms. The Labute approximate surface area is 76.3 Å². The number of aliphatic hydroxyl groups excluding tert-OH is 1. The molecule has 0 aliphatic carbocycles. The summed E-state index contributed by atoms with van der Waals surface area (Å²) in [5, 5.41) is 17.2. The zero-order valence-electron chi connectivity index (χ0n) is 7.52. The monoisotopic (exact) mass is 190 g/mol. The first-order chi connectivity index (χ1) is 6.06. The Morgan fingerprint density at radius 1 is 1.46 bits per heavy atom. The van der Waals surface area contributed by atoms with Crippen LogP contribution in [-0.2, 0) is 14.3 Å². The van der Waals surface area contributed by atoms with Crippen molar-refractivity contribution in [1.29, 1.82) is 0 Å². The van der Waals surface area contributed by atoms with Crippen LogP contribution in [-0.4, -0.2) is 34.9 Å². The molecule has 1 unspecified atom stereocenters. The number of carbonyl (C=O) groups excluding carboxylic acids is 1. The van der Waals surface area contributed by atoms with Crippen molar-refractivity contribution in [3.05, 3.63) is 0 Å². The van der Waals surface area contributed by atoms with Gasteiger partial charge in [-0.1, -0.05) is 6.92 Å². The molecule has 0 aliphatic heterocycles. The SMILES string of the molecule is CCCC(=O)OCC(O)CC(=O)O. The molecule has 0 bridgehead atoms. The maximum Gasteiger partial charge on any atom is 0.306 e. The highest BCUT2D eigenvalue weighted by molar-refractivity contribution is 5.69. The molecule has 13 heavy (non-hydrogen) atoms. The largest absolute Gasteiger partial charge is 0.481 e. The maximum atomic E-state index is 10.8. The summed E-state index contributed by atoms with van der Waals surface area (Å²) in [6, 6.07) is 0. The summed E-state index contributed by atoms with van der Waals surface area (Å²) >= 11 is 0. The van der Waals surface area contributed by atoms with Crippen molar-refractivity contribution in [3.8, 4) is 0 Å².